The fourth-order valence-electron chi connectivity index (χ4n) is 2.45. The fraction of sp³-hybridized carbons (Fsp3) is 0.643. The third kappa shape index (κ3) is 3.06. The highest BCUT2D eigenvalue weighted by Crippen LogP contribution is 2.36. The maximum Gasteiger partial charge on any atom is 0.238 e. The second-order valence-corrected chi connectivity index (χ2v) is 5.88. The van der Waals surface area contributed by atoms with Crippen LogP contribution in [-0.4, -0.2) is 18.1 Å². The molecular weight excluding hydrogens is 226 g/mol. The monoisotopic (exact) mass is 249 g/mol. The Kier molecular flexibility index (Phi) is 3.64. The van der Waals surface area contributed by atoms with Crippen LogP contribution in [-0.2, 0) is 0 Å². The number of nitrogens with zero attached hydrogens (tertiary/aromatic N) is 1. The van der Waals surface area contributed by atoms with Crippen LogP contribution in [0.5, 0.6) is 5.88 Å². The van der Waals surface area contributed by atoms with E-state index in [0.717, 1.165) is 5.82 Å². The highest BCUT2D eigenvalue weighted by atomic mass is 16.5. The molecule has 100 valence electrons. The SMILES string of the molecule is COc1nc(NC2CCC(C)(C)CC2)ccc1N. The molecule has 2 rings (SSSR count). The number of nitrogen functional groups attached to an aromatic ring is 1. The molecule has 0 atom stereocenters. The molecule has 3 N–H and O–H groups in total. The van der Waals surface area contributed by atoms with E-state index in [0.29, 0.717) is 23.0 Å². The Balaban J connectivity index is 1.98. The Morgan fingerprint density at radius 2 is 2.00 bits per heavy atom. The van der Waals surface area contributed by atoms with Gasteiger partial charge in [0.05, 0.1) is 12.8 Å². The van der Waals surface area contributed by atoms with Crippen LogP contribution in [0.4, 0.5) is 11.5 Å². The first-order valence-electron chi connectivity index (χ1n) is 6.57. The number of methoxy groups -OCH3 is 1. The number of pyridine rings is 1. The van der Waals surface area contributed by atoms with Crippen molar-refractivity contribution in [1.29, 1.82) is 0 Å². The maximum absolute atomic E-state index is 5.75. The highest BCUT2D eigenvalue weighted by Gasteiger charge is 2.26. The molecule has 0 unspecified atom stereocenters. The molecule has 0 aromatic carbocycles. The van der Waals surface area contributed by atoms with Gasteiger partial charge >= 0.3 is 0 Å². The summed E-state index contributed by atoms with van der Waals surface area (Å²) in [6.07, 6.45) is 4.91. The van der Waals surface area contributed by atoms with Crippen LogP contribution < -0.4 is 15.8 Å². The third-order valence-corrected chi connectivity index (χ3v) is 3.77. The summed E-state index contributed by atoms with van der Waals surface area (Å²) in [7, 11) is 1.59. The van der Waals surface area contributed by atoms with Gasteiger partial charge in [0, 0.05) is 6.04 Å². The number of ether oxygens (including phenoxy) is 1. The maximum atomic E-state index is 5.75. The van der Waals surface area contributed by atoms with Crippen LogP contribution in [0.1, 0.15) is 39.5 Å². The summed E-state index contributed by atoms with van der Waals surface area (Å²) >= 11 is 0. The van der Waals surface area contributed by atoms with E-state index in [1.807, 2.05) is 12.1 Å². The molecule has 0 amide bonds. The second-order valence-electron chi connectivity index (χ2n) is 5.88. The van der Waals surface area contributed by atoms with Crippen molar-refractivity contribution in [2.45, 2.75) is 45.6 Å². The molecule has 1 saturated carbocycles. The summed E-state index contributed by atoms with van der Waals surface area (Å²) in [6.45, 7) is 4.68. The van der Waals surface area contributed by atoms with E-state index in [1.165, 1.54) is 25.7 Å². The van der Waals surface area contributed by atoms with Gasteiger partial charge < -0.3 is 15.8 Å². The Labute approximate surface area is 109 Å². The topological polar surface area (TPSA) is 60.2 Å². The van der Waals surface area contributed by atoms with Crippen molar-refractivity contribution in [3.63, 3.8) is 0 Å². The van der Waals surface area contributed by atoms with Gasteiger partial charge in [0.15, 0.2) is 0 Å². The molecule has 1 aliphatic carbocycles. The fourth-order valence-corrected chi connectivity index (χ4v) is 2.45. The molecule has 0 saturated heterocycles. The van der Waals surface area contributed by atoms with E-state index in [9.17, 15) is 0 Å². The molecule has 1 aromatic rings. The summed E-state index contributed by atoms with van der Waals surface area (Å²) in [5.74, 6) is 1.35. The van der Waals surface area contributed by atoms with Crippen LogP contribution in [0.3, 0.4) is 0 Å². The Hall–Kier alpha value is -1.45. The van der Waals surface area contributed by atoms with Crippen molar-refractivity contribution >= 4 is 11.5 Å². The molecule has 1 aromatic heterocycles. The number of hydrogen-bond acceptors (Lipinski definition) is 4. The van der Waals surface area contributed by atoms with Gasteiger partial charge in [-0.05, 0) is 43.2 Å². The van der Waals surface area contributed by atoms with Crippen molar-refractivity contribution in [3.8, 4) is 5.88 Å². The van der Waals surface area contributed by atoms with E-state index in [1.54, 1.807) is 7.11 Å². The van der Waals surface area contributed by atoms with Crippen molar-refractivity contribution in [2.75, 3.05) is 18.2 Å². The number of hydrogen-bond donors (Lipinski definition) is 2. The van der Waals surface area contributed by atoms with Crippen molar-refractivity contribution < 1.29 is 4.74 Å². The van der Waals surface area contributed by atoms with Crippen molar-refractivity contribution in [3.05, 3.63) is 12.1 Å². The number of rotatable bonds is 3. The molecular formula is C14H23N3O. The molecule has 1 fully saturated rings. The van der Waals surface area contributed by atoms with Crippen LogP contribution in [0, 0.1) is 5.41 Å². The largest absolute Gasteiger partial charge is 0.479 e. The lowest BCUT2D eigenvalue weighted by Crippen LogP contribution is -2.30. The molecule has 4 nitrogen and oxygen atoms in total. The summed E-state index contributed by atoms with van der Waals surface area (Å²) in [5.41, 5.74) is 6.82. The highest BCUT2D eigenvalue weighted by molar-refractivity contribution is 5.53. The smallest absolute Gasteiger partial charge is 0.238 e. The number of nitrogens with one attached hydrogen (secondary N) is 1. The summed E-state index contributed by atoms with van der Waals surface area (Å²) in [4.78, 5) is 4.36. The van der Waals surface area contributed by atoms with Crippen LogP contribution >= 0.6 is 0 Å². The zero-order chi connectivity index (χ0) is 13.2. The van der Waals surface area contributed by atoms with Crippen LogP contribution in [0.2, 0.25) is 0 Å². The lowest BCUT2D eigenvalue weighted by Gasteiger charge is -2.34. The first kappa shape index (κ1) is 13.0. The molecule has 1 aliphatic rings. The average molecular weight is 249 g/mol. The zero-order valence-corrected chi connectivity index (χ0v) is 11.5. The lowest BCUT2D eigenvalue weighted by atomic mass is 9.75. The van der Waals surface area contributed by atoms with Gasteiger partial charge in [-0.1, -0.05) is 13.8 Å². The normalized spacial score (nSPS) is 19.5. The zero-order valence-electron chi connectivity index (χ0n) is 11.5. The van der Waals surface area contributed by atoms with Gasteiger partial charge in [-0.15, -0.1) is 0 Å². The average Bonchev–Trinajstić information content (AvgIpc) is 2.34. The predicted octanol–water partition coefficient (Wildman–Crippen LogP) is 3.05. The lowest BCUT2D eigenvalue weighted by molar-refractivity contribution is 0.232. The third-order valence-electron chi connectivity index (χ3n) is 3.77. The van der Waals surface area contributed by atoms with Gasteiger partial charge in [-0.25, -0.2) is 0 Å². The van der Waals surface area contributed by atoms with Gasteiger partial charge in [0.25, 0.3) is 0 Å². The number of aromatic nitrogens is 1. The van der Waals surface area contributed by atoms with E-state index >= 15 is 0 Å². The van der Waals surface area contributed by atoms with Crippen molar-refractivity contribution in [1.82, 2.24) is 4.98 Å². The molecule has 1 heterocycles. The molecule has 0 aliphatic heterocycles. The van der Waals surface area contributed by atoms with E-state index in [-0.39, 0.29) is 0 Å². The number of nitrogens with two attached hydrogens (primary N) is 1. The van der Waals surface area contributed by atoms with Gasteiger partial charge in [-0.3, -0.25) is 0 Å². The van der Waals surface area contributed by atoms with Gasteiger partial charge in [0.1, 0.15) is 5.82 Å². The molecule has 0 spiro atoms. The predicted molar refractivity (Wildman–Crippen MR) is 74.9 cm³/mol. The number of anilines is 2. The second kappa shape index (κ2) is 5.04. The first-order valence-corrected chi connectivity index (χ1v) is 6.57. The quantitative estimate of drug-likeness (QED) is 0.864. The minimum absolute atomic E-state index is 0.490. The Bertz CT molecular complexity index is 408. The summed E-state index contributed by atoms with van der Waals surface area (Å²) in [5, 5.41) is 3.47. The molecule has 18 heavy (non-hydrogen) atoms. The molecule has 4 heteroatoms. The van der Waals surface area contributed by atoms with Gasteiger partial charge in [0.2, 0.25) is 5.88 Å². The van der Waals surface area contributed by atoms with E-state index in [2.05, 4.69) is 24.1 Å². The van der Waals surface area contributed by atoms with E-state index in [4.69, 9.17) is 10.5 Å². The Morgan fingerprint density at radius 1 is 1.33 bits per heavy atom. The van der Waals surface area contributed by atoms with Crippen LogP contribution in [0.15, 0.2) is 12.1 Å². The Morgan fingerprint density at radius 3 is 2.61 bits per heavy atom. The minimum Gasteiger partial charge on any atom is -0.479 e. The first-order chi connectivity index (χ1) is 8.50. The van der Waals surface area contributed by atoms with Crippen LogP contribution in [0.25, 0.3) is 0 Å². The van der Waals surface area contributed by atoms with Gasteiger partial charge in [-0.2, -0.15) is 4.98 Å². The summed E-state index contributed by atoms with van der Waals surface area (Å²) < 4.78 is 5.13. The van der Waals surface area contributed by atoms with E-state index < -0.39 is 0 Å². The molecule has 0 bridgehead atoms. The van der Waals surface area contributed by atoms with Crippen molar-refractivity contribution in [2.24, 2.45) is 5.41 Å². The minimum atomic E-state index is 0.490. The summed E-state index contributed by atoms with van der Waals surface area (Å²) in [6, 6.07) is 4.26. The molecule has 0 radical (unpaired) electrons. The standard InChI is InChI=1S/C14H23N3O/c1-14(2)8-6-10(7-9-14)16-12-5-4-11(15)13(17-12)18-3/h4-5,10H,6-9,15H2,1-3H3,(H,16,17).